The highest BCUT2D eigenvalue weighted by atomic mass is 16.5. The molecule has 0 saturated carbocycles. The molecule has 0 atom stereocenters. The van der Waals surface area contributed by atoms with Crippen molar-refractivity contribution in [2.45, 2.75) is 20.3 Å². The van der Waals surface area contributed by atoms with E-state index in [4.69, 9.17) is 21.0 Å². The Morgan fingerprint density at radius 2 is 1.76 bits per heavy atom. The van der Waals surface area contributed by atoms with Crippen LogP contribution < -0.4 is 10.5 Å². The van der Waals surface area contributed by atoms with Gasteiger partial charge in [0.2, 0.25) is 0 Å². The van der Waals surface area contributed by atoms with Gasteiger partial charge in [-0.05, 0) is 71.0 Å². The van der Waals surface area contributed by atoms with E-state index in [1.54, 1.807) is 6.07 Å². The Kier molecular flexibility index (Phi) is 7.82. The lowest BCUT2D eigenvalue weighted by molar-refractivity contribution is -0.139. The first kappa shape index (κ1) is 23.5. The van der Waals surface area contributed by atoms with Gasteiger partial charge in [-0.15, -0.1) is 0 Å². The lowest BCUT2D eigenvalue weighted by atomic mass is 9.87. The molecule has 4 N–H and O–H groups in total. The summed E-state index contributed by atoms with van der Waals surface area (Å²) >= 11 is 0. The number of carboxylic acids is 1. The van der Waals surface area contributed by atoms with Crippen LogP contribution >= 0.6 is 0 Å². The number of carbonyl (C=O) groups is 1. The number of carboxylic acid groups (broad SMARTS) is 1. The summed E-state index contributed by atoms with van der Waals surface area (Å²) < 4.78 is 5.41. The molecule has 5 heteroatoms. The van der Waals surface area contributed by atoms with E-state index in [0.717, 1.165) is 39.8 Å². The first-order valence-electron chi connectivity index (χ1n) is 10.8. The summed E-state index contributed by atoms with van der Waals surface area (Å²) in [6.07, 6.45) is 6.05. The van der Waals surface area contributed by atoms with Crippen LogP contribution in [0.15, 0.2) is 72.8 Å². The van der Waals surface area contributed by atoms with Gasteiger partial charge in [-0.1, -0.05) is 61.5 Å². The zero-order valence-electron chi connectivity index (χ0n) is 18.8. The number of rotatable bonds is 9. The molecule has 0 aromatic heterocycles. The van der Waals surface area contributed by atoms with Crippen molar-refractivity contribution in [2.75, 3.05) is 12.3 Å². The first-order chi connectivity index (χ1) is 16.0. The summed E-state index contributed by atoms with van der Waals surface area (Å²) in [5.74, 6) is -0.518. The number of hydrogen-bond acceptors (Lipinski definition) is 4. The van der Waals surface area contributed by atoms with Crippen LogP contribution in [0.3, 0.4) is 0 Å². The summed E-state index contributed by atoms with van der Waals surface area (Å²) in [6.45, 7) is 3.68. The summed E-state index contributed by atoms with van der Waals surface area (Å²) in [5.41, 5.74) is 13.4. The van der Waals surface area contributed by atoms with Crippen molar-refractivity contribution in [3.63, 3.8) is 0 Å². The molecule has 0 unspecified atom stereocenters. The topological polar surface area (TPSA) is 96.4 Å². The number of nitrogens with one attached hydrogen (secondary N) is 1. The summed E-state index contributed by atoms with van der Waals surface area (Å²) in [7, 11) is 0. The Morgan fingerprint density at radius 3 is 2.39 bits per heavy atom. The summed E-state index contributed by atoms with van der Waals surface area (Å²) in [6, 6.07) is 21.5. The molecular formula is C28H28N2O3. The largest absolute Gasteiger partial charge is 0.482 e. The van der Waals surface area contributed by atoms with Gasteiger partial charge in [0.05, 0.1) is 0 Å². The van der Waals surface area contributed by atoms with Gasteiger partial charge in [-0.3, -0.25) is 0 Å². The average molecular weight is 441 g/mol. The predicted molar refractivity (Wildman–Crippen MR) is 136 cm³/mol. The molecule has 3 aromatic rings. The van der Waals surface area contributed by atoms with Gasteiger partial charge in [0, 0.05) is 17.5 Å². The van der Waals surface area contributed by atoms with Gasteiger partial charge < -0.3 is 21.0 Å². The molecule has 5 nitrogen and oxygen atoms in total. The number of benzene rings is 3. The van der Waals surface area contributed by atoms with E-state index >= 15 is 0 Å². The maximum absolute atomic E-state index is 10.9. The van der Waals surface area contributed by atoms with E-state index < -0.39 is 12.6 Å². The van der Waals surface area contributed by atoms with Gasteiger partial charge in [0.25, 0.3) is 0 Å². The molecule has 0 amide bonds. The average Bonchev–Trinajstić information content (AvgIpc) is 2.83. The number of aliphatic carboxylic acids is 1. The van der Waals surface area contributed by atoms with Crippen LogP contribution in [0, 0.1) is 5.41 Å². The Balaban J connectivity index is 2.22. The van der Waals surface area contributed by atoms with Crippen molar-refractivity contribution >= 4 is 35.1 Å². The fourth-order valence-corrected chi connectivity index (χ4v) is 3.77. The van der Waals surface area contributed by atoms with Crippen LogP contribution in [0.25, 0.3) is 17.2 Å². The molecule has 33 heavy (non-hydrogen) atoms. The van der Waals surface area contributed by atoms with Gasteiger partial charge >= 0.3 is 5.97 Å². The second-order valence-electron chi connectivity index (χ2n) is 7.53. The Morgan fingerprint density at radius 1 is 1.03 bits per heavy atom. The molecule has 3 rings (SSSR count). The van der Waals surface area contributed by atoms with Crippen LogP contribution in [0.4, 0.5) is 5.69 Å². The number of nitrogen functional groups attached to an aromatic ring is 1. The van der Waals surface area contributed by atoms with Crippen LogP contribution in [0.2, 0.25) is 0 Å². The molecule has 0 aliphatic carbocycles. The van der Waals surface area contributed by atoms with Gasteiger partial charge in [0.1, 0.15) is 5.75 Å². The molecule has 0 saturated heterocycles. The fraction of sp³-hybridized carbons (Fsp3) is 0.143. The Bertz CT molecular complexity index is 1210. The van der Waals surface area contributed by atoms with Crippen LogP contribution in [-0.4, -0.2) is 23.9 Å². The molecule has 3 aromatic carbocycles. The normalized spacial score (nSPS) is 11.8. The lowest BCUT2D eigenvalue weighted by Crippen LogP contribution is -2.09. The number of allylic oxidation sites excluding steroid dienone is 2. The number of nitrogens with two attached hydrogens (primary N) is 1. The summed E-state index contributed by atoms with van der Waals surface area (Å²) in [5, 5.41) is 16.7. The third kappa shape index (κ3) is 5.77. The van der Waals surface area contributed by atoms with Gasteiger partial charge in [-0.25, -0.2) is 4.79 Å². The minimum atomic E-state index is -1.02. The smallest absolute Gasteiger partial charge is 0.341 e. The van der Waals surface area contributed by atoms with Crippen molar-refractivity contribution in [3.8, 4) is 5.75 Å². The molecule has 168 valence electrons. The Hall–Kier alpha value is -4.12. The predicted octanol–water partition coefficient (Wildman–Crippen LogP) is 6.13. The molecule has 0 fully saturated rings. The monoisotopic (exact) mass is 440 g/mol. The van der Waals surface area contributed by atoms with Crippen LogP contribution in [0.1, 0.15) is 48.1 Å². The molecule has 0 bridgehead atoms. The van der Waals surface area contributed by atoms with E-state index in [1.807, 2.05) is 55.5 Å². The minimum absolute atomic E-state index is 0.394. The zero-order chi connectivity index (χ0) is 23.8. The van der Waals surface area contributed by atoms with E-state index in [1.165, 1.54) is 6.21 Å². The fourth-order valence-electron chi connectivity index (χ4n) is 3.77. The second-order valence-corrected chi connectivity index (χ2v) is 7.53. The van der Waals surface area contributed by atoms with Crippen molar-refractivity contribution in [1.82, 2.24) is 0 Å². The van der Waals surface area contributed by atoms with E-state index in [-0.39, 0.29) is 0 Å². The van der Waals surface area contributed by atoms with Crippen LogP contribution in [0.5, 0.6) is 5.75 Å². The van der Waals surface area contributed by atoms with Crippen molar-refractivity contribution in [2.24, 2.45) is 0 Å². The molecule has 0 aliphatic rings. The third-order valence-corrected chi connectivity index (χ3v) is 5.29. The highest BCUT2D eigenvalue weighted by Gasteiger charge is 2.15. The van der Waals surface area contributed by atoms with E-state index in [2.05, 4.69) is 31.2 Å². The molecule has 0 radical (unpaired) electrons. The van der Waals surface area contributed by atoms with E-state index in [0.29, 0.717) is 17.0 Å². The van der Waals surface area contributed by atoms with Gasteiger partial charge in [0.15, 0.2) is 6.61 Å². The third-order valence-electron chi connectivity index (χ3n) is 5.29. The van der Waals surface area contributed by atoms with Crippen LogP contribution in [-0.2, 0) is 4.79 Å². The molecule has 0 aliphatic heterocycles. The number of anilines is 1. The lowest BCUT2D eigenvalue weighted by Gasteiger charge is -2.18. The zero-order valence-corrected chi connectivity index (χ0v) is 18.8. The molecule has 0 spiro atoms. The van der Waals surface area contributed by atoms with Crippen molar-refractivity contribution in [1.29, 1.82) is 5.41 Å². The maximum Gasteiger partial charge on any atom is 0.341 e. The van der Waals surface area contributed by atoms with Crippen molar-refractivity contribution in [3.05, 3.63) is 101 Å². The van der Waals surface area contributed by atoms with Gasteiger partial charge in [-0.2, -0.15) is 0 Å². The first-order valence-corrected chi connectivity index (χ1v) is 10.8. The number of ether oxygens (including phenoxy) is 1. The standard InChI is InChI=1S/C28H28N2O3/c1-3-6-19-9-11-20(12-10-19)28(22-13-14-26(30)23(15-22)17-29)25(4-2)21-7-5-8-24(16-21)33-18-27(31)32/h3,5-17,29H,4,18,30H2,1-2H3,(H,31,32)/b6-3+,28-25+,29-17?. The molecule has 0 heterocycles. The Labute approximate surface area is 194 Å². The highest BCUT2D eigenvalue weighted by molar-refractivity contribution is 6.00. The minimum Gasteiger partial charge on any atom is -0.482 e. The SMILES string of the molecule is C/C=C/c1ccc(/C(=C(/CC)c2cccc(OCC(=O)O)c2)c2ccc(N)c(C=N)c2)cc1. The quantitative estimate of drug-likeness (QED) is 0.212. The highest BCUT2D eigenvalue weighted by Crippen LogP contribution is 2.36. The molecular weight excluding hydrogens is 412 g/mol. The number of hydrogen-bond donors (Lipinski definition) is 3. The maximum atomic E-state index is 10.9. The van der Waals surface area contributed by atoms with E-state index in [9.17, 15) is 4.79 Å². The summed E-state index contributed by atoms with van der Waals surface area (Å²) in [4.78, 5) is 10.9. The van der Waals surface area contributed by atoms with Crippen molar-refractivity contribution < 1.29 is 14.6 Å². The second kappa shape index (κ2) is 11.0.